The van der Waals surface area contributed by atoms with E-state index in [9.17, 15) is 0 Å². The molecule has 4 nitrogen and oxygen atoms in total. The number of benzene rings is 1. The van der Waals surface area contributed by atoms with E-state index >= 15 is 0 Å². The van der Waals surface area contributed by atoms with Crippen LogP contribution in [0, 0.1) is 0 Å². The third-order valence-corrected chi connectivity index (χ3v) is 5.06. The molecule has 3 rings (SSSR count). The van der Waals surface area contributed by atoms with Gasteiger partial charge in [0.2, 0.25) is 0 Å². The molecule has 1 aromatic rings. The summed E-state index contributed by atoms with van der Waals surface area (Å²) in [6.45, 7) is 12.9. The van der Waals surface area contributed by atoms with Crippen LogP contribution in [-0.2, 0) is 20.6 Å². The lowest BCUT2D eigenvalue weighted by molar-refractivity contribution is 0.00578. The first-order valence-corrected chi connectivity index (χ1v) is 8.13. The second-order valence-corrected chi connectivity index (χ2v) is 7.18. The third-order valence-electron chi connectivity index (χ3n) is 5.06. The van der Waals surface area contributed by atoms with E-state index < -0.39 is 0 Å². The number of morpholine rings is 1. The molecule has 0 aromatic heterocycles. The average Bonchev–Trinajstić information content (AvgIpc) is 2.69. The number of hydrogen-bond donors (Lipinski definition) is 0. The maximum absolute atomic E-state index is 6.21. The van der Waals surface area contributed by atoms with Crippen LogP contribution in [0.3, 0.4) is 0 Å². The molecule has 120 valence electrons. The van der Waals surface area contributed by atoms with Crippen LogP contribution < -0.4 is 5.46 Å². The van der Waals surface area contributed by atoms with Crippen LogP contribution in [0.25, 0.3) is 0 Å². The van der Waals surface area contributed by atoms with E-state index in [0.717, 1.165) is 38.3 Å². The highest BCUT2D eigenvalue weighted by Gasteiger charge is 2.52. The van der Waals surface area contributed by atoms with E-state index in [1.54, 1.807) is 0 Å². The SMILES string of the molecule is CC1(C)OB(c2ccccc2CN2CCOCC2)OC1(C)C. The van der Waals surface area contributed by atoms with E-state index in [4.69, 9.17) is 14.0 Å². The lowest BCUT2D eigenvalue weighted by Gasteiger charge is -2.32. The predicted octanol–water partition coefficient (Wildman–Crippen LogP) is 1.82. The molecule has 0 N–H and O–H groups in total. The summed E-state index contributed by atoms with van der Waals surface area (Å²) >= 11 is 0. The first-order chi connectivity index (χ1) is 10.4. The van der Waals surface area contributed by atoms with Crippen molar-refractivity contribution < 1.29 is 14.0 Å². The number of ether oxygens (including phenoxy) is 1. The van der Waals surface area contributed by atoms with Gasteiger partial charge in [-0.1, -0.05) is 24.3 Å². The average molecular weight is 303 g/mol. The topological polar surface area (TPSA) is 30.9 Å². The van der Waals surface area contributed by atoms with Crippen LogP contribution in [0.2, 0.25) is 0 Å². The minimum atomic E-state index is -0.302. The van der Waals surface area contributed by atoms with Gasteiger partial charge in [0.1, 0.15) is 0 Å². The van der Waals surface area contributed by atoms with Gasteiger partial charge in [0, 0.05) is 19.6 Å². The molecule has 2 aliphatic rings. The van der Waals surface area contributed by atoms with E-state index in [-0.39, 0.29) is 18.3 Å². The molecule has 5 heteroatoms. The Morgan fingerprint density at radius 1 is 1.00 bits per heavy atom. The fraction of sp³-hybridized carbons (Fsp3) is 0.647. The van der Waals surface area contributed by atoms with E-state index in [1.807, 2.05) is 0 Å². The van der Waals surface area contributed by atoms with E-state index in [1.165, 1.54) is 5.56 Å². The molecule has 2 saturated heterocycles. The van der Waals surface area contributed by atoms with Crippen molar-refractivity contribution in [3.63, 3.8) is 0 Å². The summed E-state index contributed by atoms with van der Waals surface area (Å²) in [6.07, 6.45) is 0. The molecule has 0 spiro atoms. The normalized spacial score (nSPS) is 24.6. The van der Waals surface area contributed by atoms with Crippen molar-refractivity contribution in [3.05, 3.63) is 29.8 Å². The predicted molar refractivity (Wildman–Crippen MR) is 88.3 cm³/mol. The molecule has 0 radical (unpaired) electrons. The standard InChI is InChI=1S/C17H26BNO3/c1-16(2)17(3,4)22-18(21-16)15-8-6-5-7-14(15)13-19-9-11-20-12-10-19/h5-8H,9-13H2,1-4H3. The van der Waals surface area contributed by atoms with E-state index in [0.29, 0.717) is 0 Å². The largest absolute Gasteiger partial charge is 0.495 e. The van der Waals surface area contributed by atoms with Crippen molar-refractivity contribution in [3.8, 4) is 0 Å². The molecule has 2 heterocycles. The Morgan fingerprint density at radius 2 is 1.59 bits per heavy atom. The summed E-state index contributed by atoms with van der Waals surface area (Å²) in [4.78, 5) is 2.42. The van der Waals surface area contributed by atoms with Gasteiger partial charge >= 0.3 is 7.12 Å². The Balaban J connectivity index is 1.80. The summed E-state index contributed by atoms with van der Waals surface area (Å²) in [5, 5.41) is 0. The van der Waals surface area contributed by atoms with Crippen molar-refractivity contribution in [2.75, 3.05) is 26.3 Å². The van der Waals surface area contributed by atoms with E-state index in [2.05, 4.69) is 56.9 Å². The van der Waals surface area contributed by atoms with Crippen molar-refractivity contribution >= 4 is 12.6 Å². The zero-order valence-electron chi connectivity index (χ0n) is 14.1. The van der Waals surface area contributed by atoms with Crippen LogP contribution in [0.4, 0.5) is 0 Å². The van der Waals surface area contributed by atoms with Crippen LogP contribution >= 0.6 is 0 Å². The zero-order chi connectivity index (χ0) is 15.8. The third kappa shape index (κ3) is 3.09. The van der Waals surface area contributed by atoms with Crippen LogP contribution in [0.1, 0.15) is 33.3 Å². The molecule has 0 saturated carbocycles. The van der Waals surface area contributed by atoms with Gasteiger partial charge in [-0.3, -0.25) is 4.90 Å². The Hall–Kier alpha value is -0.875. The van der Waals surface area contributed by atoms with Crippen LogP contribution in [-0.4, -0.2) is 49.5 Å². The monoisotopic (exact) mass is 303 g/mol. The van der Waals surface area contributed by atoms with Gasteiger partial charge in [-0.2, -0.15) is 0 Å². The Morgan fingerprint density at radius 3 is 2.23 bits per heavy atom. The molecular formula is C17H26BNO3. The van der Waals surface area contributed by atoms with Gasteiger partial charge in [0.05, 0.1) is 24.4 Å². The molecule has 0 bridgehead atoms. The van der Waals surface area contributed by atoms with Gasteiger partial charge < -0.3 is 14.0 Å². The summed E-state index contributed by atoms with van der Waals surface area (Å²) in [5.41, 5.74) is 1.82. The molecule has 0 amide bonds. The van der Waals surface area contributed by atoms with Crippen molar-refractivity contribution in [1.82, 2.24) is 4.90 Å². The Labute approximate surface area is 133 Å². The van der Waals surface area contributed by atoms with Gasteiger partial charge in [0.25, 0.3) is 0 Å². The number of rotatable bonds is 3. The molecule has 22 heavy (non-hydrogen) atoms. The maximum Gasteiger partial charge on any atom is 0.495 e. The van der Waals surface area contributed by atoms with Crippen molar-refractivity contribution in [2.45, 2.75) is 45.4 Å². The van der Waals surface area contributed by atoms with Gasteiger partial charge in [-0.05, 0) is 38.7 Å². The highest BCUT2D eigenvalue weighted by atomic mass is 16.7. The highest BCUT2D eigenvalue weighted by Crippen LogP contribution is 2.36. The second-order valence-electron chi connectivity index (χ2n) is 7.18. The fourth-order valence-corrected chi connectivity index (χ4v) is 2.88. The zero-order valence-corrected chi connectivity index (χ0v) is 14.1. The first-order valence-electron chi connectivity index (χ1n) is 8.13. The Kier molecular flexibility index (Phi) is 4.34. The minimum Gasteiger partial charge on any atom is -0.399 e. The highest BCUT2D eigenvalue weighted by molar-refractivity contribution is 6.62. The molecule has 2 fully saturated rings. The van der Waals surface area contributed by atoms with Gasteiger partial charge in [0.15, 0.2) is 0 Å². The first kappa shape index (κ1) is 16.0. The van der Waals surface area contributed by atoms with Crippen molar-refractivity contribution in [2.24, 2.45) is 0 Å². The van der Waals surface area contributed by atoms with Gasteiger partial charge in [-0.25, -0.2) is 0 Å². The quantitative estimate of drug-likeness (QED) is 0.797. The molecule has 0 unspecified atom stereocenters. The minimum absolute atomic E-state index is 0.290. The molecule has 1 aromatic carbocycles. The second kappa shape index (κ2) is 5.97. The molecule has 0 atom stereocenters. The van der Waals surface area contributed by atoms with Crippen LogP contribution in [0.5, 0.6) is 0 Å². The molecule has 2 aliphatic heterocycles. The summed E-state index contributed by atoms with van der Waals surface area (Å²) in [7, 11) is -0.290. The summed E-state index contributed by atoms with van der Waals surface area (Å²) in [6, 6.07) is 8.45. The lowest BCUT2D eigenvalue weighted by Crippen LogP contribution is -2.41. The number of nitrogens with zero attached hydrogens (tertiary/aromatic N) is 1. The Bertz CT molecular complexity index is 510. The van der Waals surface area contributed by atoms with Crippen LogP contribution in [0.15, 0.2) is 24.3 Å². The summed E-state index contributed by atoms with van der Waals surface area (Å²) < 4.78 is 17.9. The molecular weight excluding hydrogens is 277 g/mol. The number of hydrogen-bond acceptors (Lipinski definition) is 4. The fourth-order valence-electron chi connectivity index (χ4n) is 2.88. The van der Waals surface area contributed by atoms with Gasteiger partial charge in [-0.15, -0.1) is 0 Å². The van der Waals surface area contributed by atoms with Crippen molar-refractivity contribution in [1.29, 1.82) is 0 Å². The maximum atomic E-state index is 6.21. The lowest BCUT2D eigenvalue weighted by atomic mass is 9.76. The summed E-state index contributed by atoms with van der Waals surface area (Å²) in [5.74, 6) is 0. The smallest absolute Gasteiger partial charge is 0.399 e. The molecule has 0 aliphatic carbocycles.